The van der Waals surface area contributed by atoms with Crippen LogP contribution in [0.25, 0.3) is 0 Å². The molecule has 26 heavy (non-hydrogen) atoms. The maximum Gasteiger partial charge on any atom is 0.227 e. The zero-order valence-corrected chi connectivity index (χ0v) is 16.4. The van der Waals surface area contributed by atoms with Crippen molar-refractivity contribution in [3.05, 3.63) is 29.1 Å². The molecule has 1 saturated heterocycles. The number of halogens is 2. The Balaban J connectivity index is 0.00000243. The zero-order valence-electron chi connectivity index (χ0n) is 14.8. The van der Waals surface area contributed by atoms with Crippen molar-refractivity contribution in [3.63, 3.8) is 0 Å². The molecule has 9 heteroatoms. The number of benzene rings is 1. The molecule has 2 N–H and O–H groups in total. The second-order valence-electron chi connectivity index (χ2n) is 6.55. The summed E-state index contributed by atoms with van der Waals surface area (Å²) < 4.78 is 39.8. The van der Waals surface area contributed by atoms with Crippen LogP contribution in [-0.2, 0) is 27.8 Å². The van der Waals surface area contributed by atoms with Gasteiger partial charge < -0.3 is 10.6 Å². The smallest absolute Gasteiger partial charge is 0.227 e. The van der Waals surface area contributed by atoms with E-state index in [0.29, 0.717) is 44.5 Å². The van der Waals surface area contributed by atoms with E-state index >= 15 is 0 Å². The molecule has 0 aliphatic carbocycles. The first-order chi connectivity index (χ1) is 11.9. The largest absolute Gasteiger partial charge is 0.323 e. The number of hydrogen-bond acceptors (Lipinski definition) is 4. The van der Waals surface area contributed by atoms with Crippen molar-refractivity contribution in [2.45, 2.75) is 32.7 Å². The molecule has 0 radical (unpaired) electrons. The molecule has 1 amide bonds. The number of fused-ring (bicyclic) bond motifs is 1. The Morgan fingerprint density at radius 3 is 2.69 bits per heavy atom. The van der Waals surface area contributed by atoms with E-state index in [1.165, 1.54) is 4.31 Å². The van der Waals surface area contributed by atoms with E-state index in [1.54, 1.807) is 13.0 Å². The molecule has 2 aliphatic heterocycles. The van der Waals surface area contributed by atoms with Gasteiger partial charge in [0.2, 0.25) is 15.9 Å². The molecule has 0 saturated carbocycles. The van der Waals surface area contributed by atoms with Gasteiger partial charge in [-0.25, -0.2) is 17.1 Å². The van der Waals surface area contributed by atoms with E-state index in [0.717, 1.165) is 12.1 Å². The number of nitrogens with one attached hydrogen (secondary N) is 2. The maximum atomic E-state index is 14.6. The molecule has 2 aliphatic rings. The third kappa shape index (κ3) is 4.36. The molecule has 1 aromatic carbocycles. The van der Waals surface area contributed by atoms with Crippen LogP contribution < -0.4 is 10.6 Å². The van der Waals surface area contributed by atoms with Crippen molar-refractivity contribution in [1.29, 1.82) is 0 Å². The highest BCUT2D eigenvalue weighted by atomic mass is 35.5. The average molecular weight is 406 g/mol. The Morgan fingerprint density at radius 1 is 1.35 bits per heavy atom. The normalized spacial score (nSPS) is 18.7. The zero-order chi connectivity index (χ0) is 18.0. The second-order valence-corrected chi connectivity index (χ2v) is 8.81. The van der Waals surface area contributed by atoms with Gasteiger partial charge in [0.15, 0.2) is 0 Å². The fourth-order valence-electron chi connectivity index (χ4n) is 3.44. The summed E-state index contributed by atoms with van der Waals surface area (Å²) in [5.41, 5.74) is 1.81. The first-order valence-electron chi connectivity index (χ1n) is 8.72. The van der Waals surface area contributed by atoms with Gasteiger partial charge in [-0.15, -0.1) is 12.4 Å². The van der Waals surface area contributed by atoms with Gasteiger partial charge >= 0.3 is 0 Å². The van der Waals surface area contributed by atoms with E-state index in [4.69, 9.17) is 0 Å². The van der Waals surface area contributed by atoms with E-state index in [2.05, 4.69) is 10.6 Å². The number of piperidine rings is 1. The fraction of sp³-hybridized carbons (Fsp3) is 0.588. The van der Waals surface area contributed by atoms with Crippen LogP contribution in [0.3, 0.4) is 0 Å². The molecule has 1 fully saturated rings. The summed E-state index contributed by atoms with van der Waals surface area (Å²) in [7, 11) is -3.21. The maximum absolute atomic E-state index is 14.6. The van der Waals surface area contributed by atoms with Gasteiger partial charge in [0.05, 0.1) is 11.4 Å². The Hall–Kier alpha value is -1.22. The molecule has 0 atom stereocenters. The van der Waals surface area contributed by atoms with Crippen LogP contribution in [0.1, 0.15) is 30.9 Å². The van der Waals surface area contributed by atoms with Gasteiger partial charge in [0, 0.05) is 25.6 Å². The lowest BCUT2D eigenvalue weighted by atomic mass is 9.96. The second kappa shape index (κ2) is 8.65. The summed E-state index contributed by atoms with van der Waals surface area (Å²) in [5.74, 6) is -0.806. The minimum Gasteiger partial charge on any atom is -0.323 e. The lowest BCUT2D eigenvalue weighted by molar-refractivity contribution is -0.120. The van der Waals surface area contributed by atoms with Crippen LogP contribution in [0.4, 0.5) is 10.1 Å². The van der Waals surface area contributed by atoms with E-state index < -0.39 is 10.0 Å². The first-order valence-corrected chi connectivity index (χ1v) is 10.3. The van der Waals surface area contributed by atoms with Crippen LogP contribution in [0.15, 0.2) is 12.1 Å². The molecule has 1 aromatic rings. The monoisotopic (exact) mass is 405 g/mol. The van der Waals surface area contributed by atoms with Gasteiger partial charge in [-0.05, 0) is 49.9 Å². The Bertz CT molecular complexity index is 765. The standard InChI is InChI=1S/C17H24FN3O3S.ClH/c1-2-25(23,24)21-9-6-12(7-10-21)17(22)20-15-4-3-13-11-19-8-5-14(13)16(15)18;/h3-4,12,19H,2,5-11H2,1H3,(H,20,22);1H. The fourth-order valence-corrected chi connectivity index (χ4v) is 4.58. The number of hydrogen-bond donors (Lipinski definition) is 2. The highest BCUT2D eigenvalue weighted by Crippen LogP contribution is 2.26. The van der Waals surface area contributed by atoms with Crippen molar-refractivity contribution in [1.82, 2.24) is 9.62 Å². The Labute approximate surface area is 160 Å². The van der Waals surface area contributed by atoms with Crippen LogP contribution >= 0.6 is 12.4 Å². The van der Waals surface area contributed by atoms with E-state index in [9.17, 15) is 17.6 Å². The average Bonchev–Trinajstić information content (AvgIpc) is 2.64. The van der Waals surface area contributed by atoms with Crippen molar-refractivity contribution in [2.24, 2.45) is 5.92 Å². The SMILES string of the molecule is CCS(=O)(=O)N1CCC(C(=O)Nc2ccc3c(c2F)CCNC3)CC1.Cl. The topological polar surface area (TPSA) is 78.5 Å². The Kier molecular flexibility index (Phi) is 7.01. The molecular weight excluding hydrogens is 381 g/mol. The van der Waals surface area contributed by atoms with Gasteiger partial charge in [0.25, 0.3) is 0 Å². The van der Waals surface area contributed by atoms with Crippen molar-refractivity contribution < 1.29 is 17.6 Å². The van der Waals surface area contributed by atoms with E-state index in [-0.39, 0.29) is 41.5 Å². The summed E-state index contributed by atoms with van der Waals surface area (Å²) in [6.45, 7) is 3.66. The number of rotatable bonds is 4. The van der Waals surface area contributed by atoms with Crippen molar-refractivity contribution in [2.75, 3.05) is 30.7 Å². The number of nitrogens with zero attached hydrogens (tertiary/aromatic N) is 1. The van der Waals surface area contributed by atoms with Crippen LogP contribution in [0, 0.1) is 11.7 Å². The number of amides is 1. The predicted octanol–water partition coefficient (Wildman–Crippen LogP) is 1.89. The molecule has 2 heterocycles. The quantitative estimate of drug-likeness (QED) is 0.801. The summed E-state index contributed by atoms with van der Waals surface area (Å²) in [6, 6.07) is 3.45. The predicted molar refractivity (Wildman–Crippen MR) is 101 cm³/mol. The highest BCUT2D eigenvalue weighted by molar-refractivity contribution is 7.89. The molecule has 146 valence electrons. The van der Waals surface area contributed by atoms with Gasteiger partial charge in [-0.2, -0.15) is 0 Å². The molecule has 0 bridgehead atoms. The molecule has 0 spiro atoms. The van der Waals surface area contributed by atoms with Gasteiger partial charge in [-0.1, -0.05) is 6.07 Å². The lowest BCUT2D eigenvalue weighted by Gasteiger charge is -2.30. The Morgan fingerprint density at radius 2 is 2.04 bits per heavy atom. The number of anilines is 1. The van der Waals surface area contributed by atoms with Gasteiger partial charge in [-0.3, -0.25) is 4.79 Å². The molecule has 3 rings (SSSR count). The number of carbonyl (C=O) groups is 1. The minimum atomic E-state index is -3.21. The summed E-state index contributed by atoms with van der Waals surface area (Å²) in [4.78, 5) is 12.5. The molecule has 6 nitrogen and oxygen atoms in total. The first kappa shape index (κ1) is 21.1. The third-order valence-electron chi connectivity index (χ3n) is 5.05. The minimum absolute atomic E-state index is 0. The van der Waals surface area contributed by atoms with Crippen molar-refractivity contribution >= 4 is 34.0 Å². The summed E-state index contributed by atoms with van der Waals surface area (Å²) in [5, 5.41) is 5.89. The lowest BCUT2D eigenvalue weighted by Crippen LogP contribution is -2.42. The van der Waals surface area contributed by atoms with Crippen LogP contribution in [-0.4, -0.2) is 44.0 Å². The highest BCUT2D eigenvalue weighted by Gasteiger charge is 2.30. The summed E-state index contributed by atoms with van der Waals surface area (Å²) in [6.07, 6.45) is 1.53. The van der Waals surface area contributed by atoms with Gasteiger partial charge in [0.1, 0.15) is 5.82 Å². The molecule has 0 unspecified atom stereocenters. The summed E-state index contributed by atoms with van der Waals surface area (Å²) >= 11 is 0. The molecular formula is C17H25ClFN3O3S. The van der Waals surface area contributed by atoms with Crippen LogP contribution in [0.5, 0.6) is 0 Å². The third-order valence-corrected chi connectivity index (χ3v) is 6.93. The van der Waals surface area contributed by atoms with Crippen LogP contribution in [0.2, 0.25) is 0 Å². The molecule has 0 aromatic heterocycles. The van der Waals surface area contributed by atoms with E-state index in [1.807, 2.05) is 6.07 Å². The number of carbonyl (C=O) groups excluding carboxylic acids is 1. The number of sulfonamides is 1. The van der Waals surface area contributed by atoms with Crippen molar-refractivity contribution in [3.8, 4) is 0 Å².